The minimum atomic E-state index is -3.76. The predicted molar refractivity (Wildman–Crippen MR) is 146 cm³/mol. The number of hydrogen-bond acceptors (Lipinski definition) is 6. The van der Waals surface area contributed by atoms with Gasteiger partial charge in [0.2, 0.25) is 10.0 Å². The first-order chi connectivity index (χ1) is 18.2. The van der Waals surface area contributed by atoms with Crippen LogP contribution in [0.2, 0.25) is 0 Å². The van der Waals surface area contributed by atoms with Crippen molar-refractivity contribution in [1.82, 2.24) is 8.87 Å². The van der Waals surface area contributed by atoms with Gasteiger partial charge >= 0.3 is 5.97 Å². The maximum Gasteiger partial charge on any atom is 0.338 e. The first-order valence-electron chi connectivity index (χ1n) is 11.7. The molecule has 8 nitrogen and oxygen atoms in total. The van der Waals surface area contributed by atoms with Gasteiger partial charge in [0.15, 0.2) is 4.80 Å². The second-order valence-electron chi connectivity index (χ2n) is 8.27. The number of terminal acetylenes is 1. The summed E-state index contributed by atoms with van der Waals surface area (Å²) < 4.78 is 34.8. The van der Waals surface area contributed by atoms with E-state index in [9.17, 15) is 18.0 Å². The van der Waals surface area contributed by atoms with Crippen LogP contribution in [0.5, 0.6) is 0 Å². The molecule has 0 fully saturated rings. The van der Waals surface area contributed by atoms with Crippen LogP contribution in [0, 0.1) is 12.3 Å². The Labute approximate surface area is 224 Å². The van der Waals surface area contributed by atoms with Crippen LogP contribution in [0.1, 0.15) is 33.2 Å². The largest absolute Gasteiger partial charge is 0.462 e. The van der Waals surface area contributed by atoms with Gasteiger partial charge in [-0.05, 0) is 55.0 Å². The summed E-state index contributed by atoms with van der Waals surface area (Å²) in [5.41, 5.74) is 2.21. The van der Waals surface area contributed by atoms with Gasteiger partial charge in [0.1, 0.15) is 0 Å². The van der Waals surface area contributed by atoms with Gasteiger partial charge in [-0.2, -0.15) is 9.30 Å². The smallest absolute Gasteiger partial charge is 0.338 e. The summed E-state index contributed by atoms with van der Waals surface area (Å²) in [5.74, 6) is 1.57. The predicted octanol–water partition coefficient (Wildman–Crippen LogP) is 4.07. The number of benzene rings is 3. The lowest BCUT2D eigenvalue weighted by Gasteiger charge is -2.17. The SMILES string of the molecule is C#CCn1c(=NC(=O)c2ccc(S(=O)(=O)N(C)Cc3ccccc3)cc2)sc2cc(C(=O)OCC)ccc21. The molecule has 3 aromatic carbocycles. The van der Waals surface area contributed by atoms with Crippen LogP contribution in [-0.2, 0) is 27.8 Å². The molecule has 0 atom stereocenters. The van der Waals surface area contributed by atoms with Crippen molar-refractivity contribution in [1.29, 1.82) is 0 Å². The molecule has 194 valence electrons. The molecule has 10 heteroatoms. The zero-order valence-electron chi connectivity index (χ0n) is 20.8. The normalized spacial score (nSPS) is 12.0. The number of carbonyl (C=O) groups excluding carboxylic acids is 2. The Morgan fingerprint density at radius 1 is 1.05 bits per heavy atom. The van der Waals surface area contributed by atoms with E-state index in [1.54, 1.807) is 29.7 Å². The highest BCUT2D eigenvalue weighted by molar-refractivity contribution is 7.89. The van der Waals surface area contributed by atoms with Gasteiger partial charge in [0, 0.05) is 19.2 Å². The Balaban J connectivity index is 1.61. The number of fused-ring (bicyclic) bond motifs is 1. The minimum Gasteiger partial charge on any atom is -0.462 e. The fraction of sp³-hybridized carbons (Fsp3) is 0.179. The monoisotopic (exact) mass is 547 g/mol. The van der Waals surface area contributed by atoms with Crippen LogP contribution in [0.25, 0.3) is 10.2 Å². The maximum absolute atomic E-state index is 13.0. The van der Waals surface area contributed by atoms with Crippen molar-refractivity contribution in [2.45, 2.75) is 24.9 Å². The quantitative estimate of drug-likeness (QED) is 0.245. The van der Waals surface area contributed by atoms with E-state index in [1.165, 1.54) is 47.0 Å². The molecule has 0 aliphatic rings. The number of ether oxygens (including phenoxy) is 1. The molecular weight excluding hydrogens is 522 g/mol. The van der Waals surface area contributed by atoms with Crippen molar-refractivity contribution < 1.29 is 22.7 Å². The number of esters is 1. The highest BCUT2D eigenvalue weighted by atomic mass is 32.2. The molecule has 1 aromatic heterocycles. The third-order valence-corrected chi connectivity index (χ3v) is 8.56. The molecule has 1 amide bonds. The number of rotatable bonds is 8. The van der Waals surface area contributed by atoms with Crippen molar-refractivity contribution in [3.63, 3.8) is 0 Å². The Morgan fingerprint density at radius 2 is 1.74 bits per heavy atom. The molecule has 0 spiro atoms. The third-order valence-electron chi connectivity index (χ3n) is 5.70. The molecule has 1 heterocycles. The van der Waals surface area contributed by atoms with Gasteiger partial charge < -0.3 is 9.30 Å². The fourth-order valence-electron chi connectivity index (χ4n) is 3.77. The molecule has 0 bridgehead atoms. The number of carbonyl (C=O) groups is 2. The van der Waals surface area contributed by atoms with Gasteiger partial charge in [0.05, 0.1) is 33.8 Å². The second kappa shape index (κ2) is 11.6. The fourth-order valence-corrected chi connectivity index (χ4v) is 6.00. The van der Waals surface area contributed by atoms with Crippen LogP contribution in [0.15, 0.2) is 82.7 Å². The molecule has 0 aliphatic heterocycles. The standard InChI is InChI=1S/C28H25N3O5S2/c1-4-17-31-24-16-13-22(27(33)36-5-2)18-25(24)37-28(31)29-26(32)21-11-14-23(15-12-21)38(34,35)30(3)19-20-9-7-6-8-10-20/h1,6-16,18H,5,17,19H2,2-3H3. The van der Waals surface area contributed by atoms with Gasteiger partial charge in [0.25, 0.3) is 5.91 Å². The van der Waals surface area contributed by atoms with E-state index in [2.05, 4.69) is 10.9 Å². The van der Waals surface area contributed by atoms with E-state index in [0.717, 1.165) is 15.8 Å². The first-order valence-corrected chi connectivity index (χ1v) is 13.9. The summed E-state index contributed by atoms with van der Waals surface area (Å²) in [4.78, 5) is 29.8. The molecule has 0 saturated carbocycles. The summed E-state index contributed by atoms with van der Waals surface area (Å²) in [5, 5.41) is 0. The molecule has 38 heavy (non-hydrogen) atoms. The van der Waals surface area contributed by atoms with Crippen molar-refractivity contribution in [2.75, 3.05) is 13.7 Å². The highest BCUT2D eigenvalue weighted by Crippen LogP contribution is 2.21. The minimum absolute atomic E-state index is 0.0724. The second-order valence-corrected chi connectivity index (χ2v) is 11.3. The molecule has 0 saturated heterocycles. The summed E-state index contributed by atoms with van der Waals surface area (Å²) in [6.45, 7) is 2.39. The van der Waals surface area contributed by atoms with E-state index in [4.69, 9.17) is 11.2 Å². The lowest BCUT2D eigenvalue weighted by molar-refractivity contribution is 0.0526. The molecule has 0 N–H and O–H groups in total. The van der Waals surface area contributed by atoms with Crippen LogP contribution in [0.3, 0.4) is 0 Å². The number of hydrogen-bond donors (Lipinski definition) is 0. The summed E-state index contributed by atoms with van der Waals surface area (Å²) >= 11 is 1.22. The summed E-state index contributed by atoms with van der Waals surface area (Å²) in [6, 6.07) is 20.0. The third kappa shape index (κ3) is 5.75. The number of aromatic nitrogens is 1. The number of nitrogens with zero attached hydrogens (tertiary/aromatic N) is 3. The van der Waals surface area contributed by atoms with Crippen molar-refractivity contribution in [3.05, 3.63) is 94.3 Å². The van der Waals surface area contributed by atoms with E-state index >= 15 is 0 Å². The molecular formula is C28H25N3O5S2. The van der Waals surface area contributed by atoms with Gasteiger partial charge in [-0.25, -0.2) is 13.2 Å². The van der Waals surface area contributed by atoms with Gasteiger partial charge in [-0.3, -0.25) is 4.79 Å². The van der Waals surface area contributed by atoms with Gasteiger partial charge in [-0.1, -0.05) is 47.6 Å². The Bertz CT molecular complexity index is 1700. The van der Waals surface area contributed by atoms with Crippen molar-refractivity contribution in [3.8, 4) is 12.3 Å². The van der Waals surface area contributed by atoms with E-state index < -0.39 is 21.9 Å². The van der Waals surface area contributed by atoms with E-state index in [-0.39, 0.29) is 30.2 Å². The topological polar surface area (TPSA) is 98.0 Å². The molecule has 4 rings (SSSR count). The van der Waals surface area contributed by atoms with Crippen LogP contribution in [-0.4, -0.2) is 42.8 Å². The Hall–Kier alpha value is -4.04. The zero-order chi connectivity index (χ0) is 27.3. The number of amides is 1. The highest BCUT2D eigenvalue weighted by Gasteiger charge is 2.21. The summed E-state index contributed by atoms with van der Waals surface area (Å²) in [6.07, 6.45) is 5.54. The molecule has 4 aromatic rings. The van der Waals surface area contributed by atoms with Crippen LogP contribution >= 0.6 is 11.3 Å². The average Bonchev–Trinajstić information content (AvgIpc) is 3.25. The first kappa shape index (κ1) is 27.0. The van der Waals surface area contributed by atoms with E-state index in [0.29, 0.717) is 10.4 Å². The molecule has 0 unspecified atom stereocenters. The van der Waals surface area contributed by atoms with Crippen LogP contribution < -0.4 is 4.80 Å². The van der Waals surface area contributed by atoms with Crippen molar-refractivity contribution >= 4 is 43.5 Å². The van der Waals surface area contributed by atoms with E-state index in [1.807, 2.05) is 30.3 Å². The zero-order valence-corrected chi connectivity index (χ0v) is 22.5. The summed E-state index contributed by atoms with van der Waals surface area (Å²) in [7, 11) is -2.25. The maximum atomic E-state index is 13.0. The van der Waals surface area contributed by atoms with Gasteiger partial charge in [-0.15, -0.1) is 6.42 Å². The van der Waals surface area contributed by atoms with Crippen molar-refractivity contribution in [2.24, 2.45) is 4.99 Å². The molecule has 0 radical (unpaired) electrons. The lowest BCUT2D eigenvalue weighted by Crippen LogP contribution is -2.26. The molecule has 0 aliphatic carbocycles. The van der Waals surface area contributed by atoms with Crippen LogP contribution in [0.4, 0.5) is 0 Å². The number of sulfonamides is 1. The average molecular weight is 548 g/mol. The lowest BCUT2D eigenvalue weighted by atomic mass is 10.2. The Morgan fingerprint density at radius 3 is 2.39 bits per heavy atom. The number of thiazole rings is 1. The Kier molecular flexibility index (Phi) is 8.22.